The monoisotopic (exact) mass is 276 g/mol. The van der Waals surface area contributed by atoms with Crippen LogP contribution in [-0.2, 0) is 17.1 Å². The third kappa shape index (κ3) is 3.76. The molecule has 0 radical (unpaired) electrons. The second kappa shape index (κ2) is 5.46. The van der Waals surface area contributed by atoms with Gasteiger partial charge in [-0.05, 0) is 0 Å². The van der Waals surface area contributed by atoms with Gasteiger partial charge >= 0.3 is 95.0 Å². The molecule has 0 atom stereocenters. The first-order valence-corrected chi connectivity index (χ1v) is 6.75. The maximum atomic E-state index is 2.41. The van der Waals surface area contributed by atoms with Gasteiger partial charge in [0.05, 0.1) is 0 Å². The average molecular weight is 275 g/mol. The molecular weight excluding hydrogens is 257 g/mol. The number of allylic oxidation sites excluding steroid dienone is 7. The predicted octanol–water partition coefficient (Wildman–Crippen LogP) is 4.17. The Balaban J connectivity index is 2.56. The van der Waals surface area contributed by atoms with Gasteiger partial charge < -0.3 is 0 Å². The van der Waals surface area contributed by atoms with E-state index in [1.54, 1.807) is 4.17 Å². The van der Waals surface area contributed by atoms with E-state index in [1.807, 2.05) is 0 Å². The number of hydrogen-bond donors (Lipinski definition) is 0. The van der Waals surface area contributed by atoms with Gasteiger partial charge in [-0.25, -0.2) is 0 Å². The van der Waals surface area contributed by atoms with E-state index < -0.39 is 0 Å². The molecule has 1 heteroatoms. The molecule has 0 nitrogen and oxygen atoms in total. The summed E-state index contributed by atoms with van der Waals surface area (Å²) in [5.41, 5.74) is 4.29. The Kier molecular flexibility index (Phi) is 4.55. The van der Waals surface area contributed by atoms with E-state index in [0.29, 0.717) is 17.1 Å². The van der Waals surface area contributed by atoms with E-state index in [0.717, 1.165) is 0 Å². The van der Waals surface area contributed by atoms with Crippen molar-refractivity contribution in [2.75, 3.05) is 0 Å². The summed E-state index contributed by atoms with van der Waals surface area (Å²) < 4.78 is 4.06. The third-order valence-electron chi connectivity index (χ3n) is 1.93. The van der Waals surface area contributed by atoms with E-state index in [-0.39, 0.29) is 0 Å². The van der Waals surface area contributed by atoms with Crippen molar-refractivity contribution in [1.82, 2.24) is 0 Å². The van der Waals surface area contributed by atoms with Crippen molar-refractivity contribution >= 4 is 0 Å². The number of rotatable bonds is 3. The summed E-state index contributed by atoms with van der Waals surface area (Å²) in [4.78, 5) is 0. The van der Waals surface area contributed by atoms with Gasteiger partial charge in [-0.15, -0.1) is 0 Å². The third-order valence-corrected chi connectivity index (χ3v) is 4.62. The Morgan fingerprint density at radius 2 is 2.07 bits per heavy atom. The fourth-order valence-corrected chi connectivity index (χ4v) is 3.13. The summed E-state index contributed by atoms with van der Waals surface area (Å²) in [5, 5.41) is 0. The minimum atomic E-state index is 0.299. The van der Waals surface area contributed by atoms with Crippen molar-refractivity contribution < 1.29 is 17.1 Å². The van der Waals surface area contributed by atoms with Crippen molar-refractivity contribution in [3.05, 3.63) is 43.8 Å². The van der Waals surface area contributed by atoms with Gasteiger partial charge in [0.1, 0.15) is 0 Å². The van der Waals surface area contributed by atoms with E-state index in [9.17, 15) is 0 Å². The zero-order valence-corrected chi connectivity index (χ0v) is 11.1. The Hall–Kier alpha value is -0.417. The van der Waals surface area contributed by atoms with Gasteiger partial charge in [-0.3, -0.25) is 0 Å². The Labute approximate surface area is 95.1 Å². The van der Waals surface area contributed by atoms with Crippen LogP contribution in [0.5, 0.6) is 0 Å². The fourth-order valence-electron chi connectivity index (χ4n) is 1.33. The molecule has 0 N–H and O–H groups in total. The van der Waals surface area contributed by atoms with Gasteiger partial charge in [0.2, 0.25) is 0 Å². The van der Waals surface area contributed by atoms with Gasteiger partial charge in [0.15, 0.2) is 0 Å². The van der Waals surface area contributed by atoms with Crippen LogP contribution in [-0.4, -0.2) is 0 Å². The maximum absolute atomic E-state index is 2.41. The van der Waals surface area contributed by atoms with Crippen LogP contribution in [0.4, 0.5) is 0 Å². The summed E-state index contributed by atoms with van der Waals surface area (Å²) >= 11 is 0.299. The Morgan fingerprint density at radius 3 is 2.57 bits per heavy atom. The van der Waals surface area contributed by atoms with Crippen LogP contribution in [0, 0.1) is 0 Å². The summed E-state index contributed by atoms with van der Waals surface area (Å²) in [6.07, 6.45) is 7.95. The normalized spacial score (nSPS) is 16.7. The van der Waals surface area contributed by atoms with Crippen molar-refractivity contribution in [2.24, 2.45) is 0 Å². The van der Waals surface area contributed by atoms with Crippen LogP contribution in [0.15, 0.2) is 43.8 Å². The van der Waals surface area contributed by atoms with Gasteiger partial charge in [-0.2, -0.15) is 0 Å². The van der Waals surface area contributed by atoms with E-state index in [2.05, 4.69) is 50.6 Å². The van der Waals surface area contributed by atoms with Crippen molar-refractivity contribution in [3.63, 3.8) is 0 Å². The van der Waals surface area contributed by atoms with Crippen LogP contribution in [0.25, 0.3) is 0 Å². The summed E-state index contributed by atoms with van der Waals surface area (Å²) in [7, 11) is 0. The second-order valence-corrected chi connectivity index (χ2v) is 5.90. The quantitative estimate of drug-likeness (QED) is 0.535. The standard InChI is InChI=1S/C7H11.C6H7.Ru/c1-6(2)5-7(3)4;1-6-4-2-3-5-6;/h1,5H,2-4H3;2,4H,3H2,1H3;. The minimum absolute atomic E-state index is 0.299. The average Bonchev–Trinajstić information content (AvgIpc) is 2.46. The summed E-state index contributed by atoms with van der Waals surface area (Å²) in [6.45, 7) is 8.71. The van der Waals surface area contributed by atoms with Crippen LogP contribution in [0.2, 0.25) is 0 Å². The first kappa shape index (κ1) is 11.7. The van der Waals surface area contributed by atoms with Gasteiger partial charge in [0, 0.05) is 0 Å². The molecule has 0 aromatic rings. The predicted molar refractivity (Wildman–Crippen MR) is 59.6 cm³/mol. The first-order chi connectivity index (χ1) is 6.59. The molecule has 1 rings (SSSR count). The van der Waals surface area contributed by atoms with Crippen molar-refractivity contribution in [2.45, 2.75) is 34.1 Å². The zero-order valence-electron chi connectivity index (χ0n) is 9.37. The van der Waals surface area contributed by atoms with Crippen molar-refractivity contribution in [1.29, 1.82) is 0 Å². The molecule has 0 saturated carbocycles. The van der Waals surface area contributed by atoms with Crippen LogP contribution >= 0.6 is 0 Å². The van der Waals surface area contributed by atoms with Crippen LogP contribution < -0.4 is 0 Å². The zero-order chi connectivity index (χ0) is 10.6. The number of hydrogen-bond acceptors (Lipinski definition) is 0. The molecule has 0 spiro atoms. The molecule has 0 fully saturated rings. The van der Waals surface area contributed by atoms with E-state index >= 15 is 0 Å². The molecule has 0 bridgehead atoms. The van der Waals surface area contributed by atoms with Crippen molar-refractivity contribution in [3.8, 4) is 0 Å². The molecule has 0 aromatic carbocycles. The van der Waals surface area contributed by atoms with E-state index in [4.69, 9.17) is 0 Å². The van der Waals surface area contributed by atoms with Gasteiger partial charge in [-0.1, -0.05) is 0 Å². The second-order valence-electron chi connectivity index (χ2n) is 3.85. The molecule has 0 aromatic heterocycles. The van der Waals surface area contributed by atoms with Crippen LogP contribution in [0.3, 0.4) is 0 Å². The van der Waals surface area contributed by atoms with Gasteiger partial charge in [0.25, 0.3) is 0 Å². The molecule has 14 heavy (non-hydrogen) atoms. The first-order valence-electron chi connectivity index (χ1n) is 4.88. The molecule has 0 heterocycles. The Bertz CT molecular complexity index is 323. The topological polar surface area (TPSA) is 0 Å². The molecule has 0 aliphatic heterocycles. The van der Waals surface area contributed by atoms with E-state index in [1.165, 1.54) is 23.1 Å². The Morgan fingerprint density at radius 1 is 1.36 bits per heavy atom. The molecular formula is C13H18Ru. The molecule has 0 saturated heterocycles. The summed E-state index contributed by atoms with van der Waals surface area (Å²) in [6, 6.07) is 0. The van der Waals surface area contributed by atoms with Crippen LogP contribution in [0.1, 0.15) is 34.1 Å². The molecule has 78 valence electrons. The molecule has 1 aliphatic carbocycles. The molecule has 0 unspecified atom stereocenters. The molecule has 0 amide bonds. The fraction of sp³-hybridized carbons (Fsp3) is 0.385. The SMILES string of the molecule is CC(C)=C/C(C)=[CH]\[Ru][C]1=C(C)C=CC1. The summed E-state index contributed by atoms with van der Waals surface area (Å²) in [5.74, 6) is 0. The molecule has 1 aliphatic rings.